The number of nitrogens with two attached hydrogens (primary N) is 1. The van der Waals surface area contributed by atoms with E-state index in [2.05, 4.69) is 0 Å². The highest BCUT2D eigenvalue weighted by molar-refractivity contribution is 5.73. The third-order valence-corrected chi connectivity index (χ3v) is 3.94. The standard InChI is InChI=1S/C15H22N2O3/c1-10(18)17-7-6-12(14(16)9-17)13-8-11(19-2)4-5-15(13)20-3/h4-5,8,12,14H,6-7,9,16H2,1-3H3. The predicted octanol–water partition coefficient (Wildman–Crippen LogP) is 1.37. The highest BCUT2D eigenvalue weighted by Gasteiger charge is 2.30. The Kier molecular flexibility index (Phi) is 4.49. The molecule has 1 aliphatic rings. The van der Waals surface area contributed by atoms with E-state index in [1.807, 2.05) is 18.2 Å². The van der Waals surface area contributed by atoms with Crippen molar-refractivity contribution < 1.29 is 14.3 Å². The van der Waals surface area contributed by atoms with Crippen LogP contribution in [0.2, 0.25) is 0 Å². The molecule has 1 amide bonds. The summed E-state index contributed by atoms with van der Waals surface area (Å²) < 4.78 is 10.7. The molecule has 5 heteroatoms. The molecule has 1 aromatic rings. The number of benzene rings is 1. The predicted molar refractivity (Wildman–Crippen MR) is 77.1 cm³/mol. The van der Waals surface area contributed by atoms with Gasteiger partial charge in [0.1, 0.15) is 11.5 Å². The number of carbonyl (C=O) groups is 1. The number of carbonyl (C=O) groups excluding carboxylic acids is 1. The Balaban J connectivity index is 2.25. The van der Waals surface area contributed by atoms with Gasteiger partial charge < -0.3 is 20.1 Å². The zero-order valence-electron chi connectivity index (χ0n) is 12.3. The first-order valence-electron chi connectivity index (χ1n) is 6.79. The zero-order valence-corrected chi connectivity index (χ0v) is 12.3. The molecule has 0 bridgehead atoms. The van der Waals surface area contributed by atoms with Crippen LogP contribution in [0.1, 0.15) is 24.8 Å². The van der Waals surface area contributed by atoms with Gasteiger partial charge in [-0.15, -0.1) is 0 Å². The van der Waals surface area contributed by atoms with Crippen molar-refractivity contribution >= 4 is 5.91 Å². The number of ether oxygens (including phenoxy) is 2. The van der Waals surface area contributed by atoms with Crippen molar-refractivity contribution in [1.29, 1.82) is 0 Å². The molecule has 0 aliphatic carbocycles. The van der Waals surface area contributed by atoms with Crippen molar-refractivity contribution in [1.82, 2.24) is 4.90 Å². The van der Waals surface area contributed by atoms with Crippen LogP contribution in [0, 0.1) is 0 Å². The minimum Gasteiger partial charge on any atom is -0.497 e. The van der Waals surface area contributed by atoms with E-state index in [1.54, 1.807) is 26.0 Å². The monoisotopic (exact) mass is 278 g/mol. The summed E-state index contributed by atoms with van der Waals surface area (Å²) in [5.41, 5.74) is 7.32. The van der Waals surface area contributed by atoms with Gasteiger partial charge in [-0.05, 0) is 24.6 Å². The van der Waals surface area contributed by atoms with E-state index in [-0.39, 0.29) is 17.9 Å². The molecule has 5 nitrogen and oxygen atoms in total. The summed E-state index contributed by atoms with van der Waals surface area (Å²) in [6.07, 6.45) is 0.838. The molecule has 1 fully saturated rings. The molecule has 2 atom stereocenters. The first kappa shape index (κ1) is 14.7. The molecular weight excluding hydrogens is 256 g/mol. The van der Waals surface area contributed by atoms with E-state index < -0.39 is 0 Å². The largest absolute Gasteiger partial charge is 0.497 e. The lowest BCUT2D eigenvalue weighted by Gasteiger charge is -2.37. The molecule has 2 unspecified atom stereocenters. The average Bonchev–Trinajstić information content (AvgIpc) is 2.46. The Morgan fingerprint density at radius 3 is 2.65 bits per heavy atom. The van der Waals surface area contributed by atoms with E-state index in [0.717, 1.165) is 30.0 Å². The fourth-order valence-electron chi connectivity index (χ4n) is 2.78. The van der Waals surface area contributed by atoms with Crippen LogP contribution in [0.4, 0.5) is 0 Å². The number of piperidine rings is 1. The van der Waals surface area contributed by atoms with Gasteiger partial charge in [0.05, 0.1) is 14.2 Å². The van der Waals surface area contributed by atoms with Crippen LogP contribution in [0.15, 0.2) is 18.2 Å². The van der Waals surface area contributed by atoms with E-state index in [9.17, 15) is 4.79 Å². The maximum absolute atomic E-state index is 11.4. The second-order valence-corrected chi connectivity index (χ2v) is 5.13. The fraction of sp³-hybridized carbons (Fsp3) is 0.533. The minimum absolute atomic E-state index is 0.0801. The summed E-state index contributed by atoms with van der Waals surface area (Å²) in [5, 5.41) is 0. The van der Waals surface area contributed by atoms with Crippen LogP contribution in [0.5, 0.6) is 11.5 Å². The lowest BCUT2D eigenvalue weighted by Crippen LogP contribution is -2.49. The highest BCUT2D eigenvalue weighted by Crippen LogP contribution is 2.36. The molecule has 20 heavy (non-hydrogen) atoms. The Labute approximate surface area is 119 Å². The smallest absolute Gasteiger partial charge is 0.219 e. The van der Waals surface area contributed by atoms with Crippen molar-refractivity contribution in [3.05, 3.63) is 23.8 Å². The first-order chi connectivity index (χ1) is 9.56. The second kappa shape index (κ2) is 6.13. The van der Waals surface area contributed by atoms with Gasteiger partial charge in [0.2, 0.25) is 5.91 Å². The van der Waals surface area contributed by atoms with Crippen LogP contribution < -0.4 is 15.2 Å². The van der Waals surface area contributed by atoms with Crippen LogP contribution in [0.3, 0.4) is 0 Å². The maximum atomic E-state index is 11.4. The van der Waals surface area contributed by atoms with Crippen LogP contribution in [-0.2, 0) is 4.79 Å². The van der Waals surface area contributed by atoms with E-state index in [0.29, 0.717) is 6.54 Å². The Morgan fingerprint density at radius 1 is 1.35 bits per heavy atom. The quantitative estimate of drug-likeness (QED) is 0.907. The van der Waals surface area contributed by atoms with Crippen molar-refractivity contribution in [3.8, 4) is 11.5 Å². The van der Waals surface area contributed by atoms with Gasteiger partial charge >= 0.3 is 0 Å². The molecule has 0 saturated carbocycles. The highest BCUT2D eigenvalue weighted by atomic mass is 16.5. The third kappa shape index (κ3) is 2.88. The average molecular weight is 278 g/mol. The molecule has 1 heterocycles. The van der Waals surface area contributed by atoms with Crippen LogP contribution >= 0.6 is 0 Å². The van der Waals surface area contributed by atoms with E-state index >= 15 is 0 Å². The van der Waals surface area contributed by atoms with Gasteiger partial charge in [-0.25, -0.2) is 0 Å². The summed E-state index contributed by atoms with van der Waals surface area (Å²) in [6, 6.07) is 5.66. The Hall–Kier alpha value is -1.75. The molecule has 110 valence electrons. The summed E-state index contributed by atoms with van der Waals surface area (Å²) in [7, 11) is 3.30. The number of rotatable bonds is 3. The van der Waals surface area contributed by atoms with Crippen molar-refractivity contribution in [2.24, 2.45) is 5.73 Å². The molecular formula is C15H22N2O3. The number of methoxy groups -OCH3 is 2. The topological polar surface area (TPSA) is 64.8 Å². The van der Waals surface area contributed by atoms with Gasteiger partial charge in [-0.3, -0.25) is 4.79 Å². The molecule has 0 aromatic heterocycles. The summed E-state index contributed by atoms with van der Waals surface area (Å²) >= 11 is 0. The molecule has 1 saturated heterocycles. The number of hydrogen-bond donors (Lipinski definition) is 1. The molecule has 2 rings (SSSR count). The van der Waals surface area contributed by atoms with Crippen molar-refractivity contribution in [3.63, 3.8) is 0 Å². The normalized spacial score (nSPS) is 22.5. The number of likely N-dealkylation sites (tertiary alicyclic amines) is 1. The Morgan fingerprint density at radius 2 is 2.10 bits per heavy atom. The molecule has 1 aliphatic heterocycles. The lowest BCUT2D eigenvalue weighted by molar-refractivity contribution is -0.130. The first-order valence-corrected chi connectivity index (χ1v) is 6.79. The molecule has 0 spiro atoms. The van der Waals surface area contributed by atoms with Gasteiger partial charge in [-0.2, -0.15) is 0 Å². The summed E-state index contributed by atoms with van der Waals surface area (Å²) in [4.78, 5) is 13.2. The summed E-state index contributed by atoms with van der Waals surface area (Å²) in [6.45, 7) is 2.90. The summed E-state index contributed by atoms with van der Waals surface area (Å²) in [5.74, 6) is 1.87. The zero-order chi connectivity index (χ0) is 14.7. The van der Waals surface area contributed by atoms with Crippen LogP contribution in [0.25, 0.3) is 0 Å². The molecule has 2 N–H and O–H groups in total. The fourth-order valence-corrected chi connectivity index (χ4v) is 2.78. The van der Waals surface area contributed by atoms with Crippen molar-refractivity contribution in [2.45, 2.75) is 25.3 Å². The van der Waals surface area contributed by atoms with E-state index in [1.165, 1.54) is 0 Å². The van der Waals surface area contributed by atoms with Gasteiger partial charge in [0.25, 0.3) is 0 Å². The number of nitrogens with zero attached hydrogens (tertiary/aromatic N) is 1. The number of hydrogen-bond acceptors (Lipinski definition) is 4. The van der Waals surface area contributed by atoms with Gasteiger partial charge in [-0.1, -0.05) is 0 Å². The molecule has 0 radical (unpaired) electrons. The minimum atomic E-state index is -0.0892. The van der Waals surface area contributed by atoms with E-state index in [4.69, 9.17) is 15.2 Å². The van der Waals surface area contributed by atoms with Crippen LogP contribution in [-0.4, -0.2) is 44.2 Å². The number of amides is 1. The maximum Gasteiger partial charge on any atom is 0.219 e. The third-order valence-electron chi connectivity index (χ3n) is 3.94. The lowest BCUT2D eigenvalue weighted by atomic mass is 9.85. The molecule has 1 aromatic carbocycles. The van der Waals surface area contributed by atoms with Gasteiger partial charge in [0.15, 0.2) is 0 Å². The Bertz CT molecular complexity index is 490. The second-order valence-electron chi connectivity index (χ2n) is 5.13. The van der Waals surface area contributed by atoms with Crippen molar-refractivity contribution in [2.75, 3.05) is 27.3 Å². The van der Waals surface area contributed by atoms with Gasteiger partial charge in [0, 0.05) is 37.5 Å². The SMILES string of the molecule is COc1ccc(OC)c(C2CCN(C(C)=O)CC2N)c1.